The predicted octanol–water partition coefficient (Wildman–Crippen LogP) is 1.69. The Labute approximate surface area is 113 Å². The molecule has 4 N–H and O–H groups in total. The lowest BCUT2D eigenvalue weighted by molar-refractivity contribution is 0.312. The Morgan fingerprint density at radius 1 is 1.11 bits per heavy atom. The first-order chi connectivity index (χ1) is 9.31. The Hall–Kier alpha value is -1.63. The molecule has 1 fully saturated rings. The van der Waals surface area contributed by atoms with Crippen molar-refractivity contribution in [1.29, 1.82) is 0 Å². The molecule has 7 nitrogen and oxygen atoms in total. The molecule has 1 aromatic rings. The molecule has 106 valence electrons. The third-order valence-electron chi connectivity index (χ3n) is 3.21. The summed E-state index contributed by atoms with van der Waals surface area (Å²) in [4.78, 5) is 12.5. The lowest BCUT2D eigenvalue weighted by Gasteiger charge is -2.16. The fraction of sp³-hybridized carbons (Fsp3) is 0.750. The minimum absolute atomic E-state index is 0.293. The molecule has 0 bridgehead atoms. The van der Waals surface area contributed by atoms with E-state index in [2.05, 4.69) is 25.7 Å². The van der Waals surface area contributed by atoms with Crippen molar-refractivity contribution in [3.05, 3.63) is 0 Å². The summed E-state index contributed by atoms with van der Waals surface area (Å²) in [5, 5.41) is 3.36. The van der Waals surface area contributed by atoms with Gasteiger partial charge in [0.15, 0.2) is 0 Å². The van der Waals surface area contributed by atoms with Gasteiger partial charge in [0.25, 0.3) is 0 Å². The van der Waals surface area contributed by atoms with E-state index >= 15 is 0 Å². The third-order valence-corrected chi connectivity index (χ3v) is 3.21. The molecule has 0 amide bonds. The maximum atomic E-state index is 5.36. The van der Waals surface area contributed by atoms with E-state index in [0.29, 0.717) is 30.6 Å². The summed E-state index contributed by atoms with van der Waals surface area (Å²) >= 11 is 0. The molecular formula is C12H22N6O. The van der Waals surface area contributed by atoms with E-state index in [4.69, 9.17) is 10.6 Å². The Bertz CT molecular complexity index is 392. The Balaban J connectivity index is 2.06. The van der Waals surface area contributed by atoms with Crippen molar-refractivity contribution in [3.63, 3.8) is 0 Å². The molecule has 0 aliphatic heterocycles. The largest absolute Gasteiger partial charge is 0.464 e. The van der Waals surface area contributed by atoms with Gasteiger partial charge >= 0.3 is 6.01 Å². The fourth-order valence-corrected chi connectivity index (χ4v) is 2.29. The third kappa shape index (κ3) is 4.20. The first kappa shape index (κ1) is 13.8. The number of rotatable bonds is 5. The van der Waals surface area contributed by atoms with Gasteiger partial charge in [-0.3, -0.25) is 5.43 Å². The Morgan fingerprint density at radius 2 is 1.79 bits per heavy atom. The zero-order valence-electron chi connectivity index (χ0n) is 11.4. The molecule has 1 aliphatic carbocycles. The molecule has 2 rings (SSSR count). The summed E-state index contributed by atoms with van der Waals surface area (Å²) < 4.78 is 5.31. The van der Waals surface area contributed by atoms with Gasteiger partial charge in [-0.1, -0.05) is 25.7 Å². The van der Waals surface area contributed by atoms with Gasteiger partial charge in [0, 0.05) is 6.04 Å². The number of anilines is 2. The molecule has 1 heterocycles. The van der Waals surface area contributed by atoms with Crippen LogP contribution in [0, 0.1) is 0 Å². The van der Waals surface area contributed by atoms with Gasteiger partial charge in [0.1, 0.15) is 0 Å². The van der Waals surface area contributed by atoms with Crippen LogP contribution in [0.5, 0.6) is 6.01 Å². The number of hydrazine groups is 1. The van der Waals surface area contributed by atoms with Crippen LogP contribution in [-0.2, 0) is 0 Å². The Kier molecular flexibility index (Phi) is 5.14. The zero-order valence-corrected chi connectivity index (χ0v) is 11.4. The topological polar surface area (TPSA) is 98.0 Å². The van der Waals surface area contributed by atoms with Crippen LogP contribution < -0.4 is 21.3 Å². The van der Waals surface area contributed by atoms with Crippen molar-refractivity contribution in [2.24, 2.45) is 5.84 Å². The highest BCUT2D eigenvalue weighted by molar-refractivity contribution is 5.35. The van der Waals surface area contributed by atoms with Crippen LogP contribution >= 0.6 is 0 Å². The molecule has 0 unspecified atom stereocenters. The van der Waals surface area contributed by atoms with Crippen molar-refractivity contribution >= 4 is 11.9 Å². The van der Waals surface area contributed by atoms with Crippen molar-refractivity contribution in [2.75, 3.05) is 17.3 Å². The number of nitrogen functional groups attached to an aromatic ring is 1. The van der Waals surface area contributed by atoms with Crippen LogP contribution in [0.2, 0.25) is 0 Å². The summed E-state index contributed by atoms with van der Waals surface area (Å²) in [6.07, 6.45) is 7.44. The number of nitrogens with two attached hydrogens (primary N) is 1. The van der Waals surface area contributed by atoms with E-state index < -0.39 is 0 Å². The van der Waals surface area contributed by atoms with Crippen molar-refractivity contribution in [2.45, 2.75) is 51.5 Å². The van der Waals surface area contributed by atoms with Crippen molar-refractivity contribution in [1.82, 2.24) is 15.0 Å². The van der Waals surface area contributed by atoms with Gasteiger partial charge in [0.05, 0.1) is 6.61 Å². The second-order valence-corrected chi connectivity index (χ2v) is 4.68. The number of hydrogen-bond acceptors (Lipinski definition) is 7. The average Bonchev–Trinajstić information content (AvgIpc) is 2.67. The first-order valence-corrected chi connectivity index (χ1v) is 6.94. The fourth-order valence-electron chi connectivity index (χ4n) is 2.29. The second-order valence-electron chi connectivity index (χ2n) is 4.68. The highest BCUT2D eigenvalue weighted by Crippen LogP contribution is 2.20. The summed E-state index contributed by atoms with van der Waals surface area (Å²) in [6.45, 7) is 2.40. The molecule has 1 saturated carbocycles. The lowest BCUT2D eigenvalue weighted by atomic mass is 10.1. The standard InChI is InChI=1S/C12H22N6O/c1-2-19-12-16-10(15-11(17-12)18-13)14-9-7-5-3-4-6-8-9/h9H,2-8,13H2,1H3,(H2,14,15,16,17,18). The summed E-state index contributed by atoms with van der Waals surface area (Å²) in [6, 6.07) is 0.714. The Morgan fingerprint density at radius 3 is 2.42 bits per heavy atom. The summed E-state index contributed by atoms with van der Waals surface area (Å²) in [7, 11) is 0. The minimum Gasteiger partial charge on any atom is -0.464 e. The summed E-state index contributed by atoms with van der Waals surface area (Å²) in [5.41, 5.74) is 2.43. The molecule has 0 aromatic carbocycles. The van der Waals surface area contributed by atoms with Crippen molar-refractivity contribution in [3.8, 4) is 6.01 Å². The zero-order chi connectivity index (χ0) is 13.5. The van der Waals surface area contributed by atoms with E-state index in [-0.39, 0.29) is 0 Å². The molecule has 1 aliphatic rings. The minimum atomic E-state index is 0.293. The van der Waals surface area contributed by atoms with Crippen LogP contribution in [-0.4, -0.2) is 27.6 Å². The number of ether oxygens (including phenoxy) is 1. The molecule has 1 aromatic heterocycles. The quantitative estimate of drug-likeness (QED) is 0.424. The maximum absolute atomic E-state index is 5.36. The van der Waals surface area contributed by atoms with E-state index in [1.807, 2.05) is 6.92 Å². The van der Waals surface area contributed by atoms with Crippen LogP contribution in [0.25, 0.3) is 0 Å². The molecular weight excluding hydrogens is 244 g/mol. The van der Waals surface area contributed by atoms with E-state index in [9.17, 15) is 0 Å². The van der Waals surface area contributed by atoms with Gasteiger partial charge in [-0.25, -0.2) is 5.84 Å². The molecule has 7 heteroatoms. The summed E-state index contributed by atoms with van der Waals surface area (Å²) in [5.74, 6) is 6.20. The highest BCUT2D eigenvalue weighted by atomic mass is 16.5. The number of hydrogen-bond donors (Lipinski definition) is 3. The van der Waals surface area contributed by atoms with Crippen LogP contribution in [0.15, 0.2) is 0 Å². The molecule has 0 atom stereocenters. The number of nitrogens with one attached hydrogen (secondary N) is 2. The van der Waals surface area contributed by atoms with E-state index in [0.717, 1.165) is 12.8 Å². The smallest absolute Gasteiger partial charge is 0.323 e. The highest BCUT2D eigenvalue weighted by Gasteiger charge is 2.14. The lowest BCUT2D eigenvalue weighted by Crippen LogP contribution is -2.21. The molecule has 0 saturated heterocycles. The molecule has 0 spiro atoms. The van der Waals surface area contributed by atoms with E-state index in [1.54, 1.807) is 0 Å². The maximum Gasteiger partial charge on any atom is 0.323 e. The van der Waals surface area contributed by atoms with Gasteiger partial charge < -0.3 is 10.1 Å². The first-order valence-electron chi connectivity index (χ1n) is 6.94. The van der Waals surface area contributed by atoms with Crippen molar-refractivity contribution < 1.29 is 4.74 Å². The van der Waals surface area contributed by atoms with Crippen LogP contribution in [0.1, 0.15) is 45.4 Å². The number of aromatic nitrogens is 3. The monoisotopic (exact) mass is 266 g/mol. The van der Waals surface area contributed by atoms with E-state index in [1.165, 1.54) is 25.7 Å². The SMILES string of the molecule is CCOc1nc(NN)nc(NC2CCCCCC2)n1. The number of nitrogens with zero attached hydrogens (tertiary/aromatic N) is 3. The average molecular weight is 266 g/mol. The van der Waals surface area contributed by atoms with Gasteiger partial charge in [-0.15, -0.1) is 0 Å². The predicted molar refractivity (Wildman–Crippen MR) is 73.9 cm³/mol. The van der Waals surface area contributed by atoms with Gasteiger partial charge in [-0.05, 0) is 19.8 Å². The second kappa shape index (κ2) is 7.08. The van der Waals surface area contributed by atoms with Crippen LogP contribution in [0.3, 0.4) is 0 Å². The van der Waals surface area contributed by atoms with Crippen LogP contribution in [0.4, 0.5) is 11.9 Å². The molecule has 19 heavy (non-hydrogen) atoms. The molecule has 0 radical (unpaired) electrons. The normalized spacial score (nSPS) is 16.7. The van der Waals surface area contributed by atoms with Gasteiger partial charge in [0.2, 0.25) is 11.9 Å². The van der Waals surface area contributed by atoms with Gasteiger partial charge in [-0.2, -0.15) is 15.0 Å².